The maximum absolute atomic E-state index is 14.1. The number of hydrogen-bond donors (Lipinski definition) is 2. The molecule has 0 saturated carbocycles. The van der Waals surface area contributed by atoms with Crippen LogP contribution in [0.2, 0.25) is 5.02 Å². The Bertz CT molecular complexity index is 1280. The number of carbonyl (C=O) groups excluding carboxylic acids is 1. The third-order valence-corrected chi connectivity index (χ3v) is 4.34. The first-order valence-electron chi connectivity index (χ1n) is 9.10. The van der Waals surface area contributed by atoms with Gasteiger partial charge in [-0.05, 0) is 19.9 Å². The molecule has 10 nitrogen and oxygen atoms in total. The molecular weight excluding hydrogens is 537 g/mol. The summed E-state index contributed by atoms with van der Waals surface area (Å²) in [6.45, 7) is 2.63. The van der Waals surface area contributed by atoms with E-state index in [1.165, 1.54) is 11.9 Å². The van der Waals surface area contributed by atoms with Gasteiger partial charge < -0.3 is 15.5 Å². The number of esters is 1. The van der Waals surface area contributed by atoms with Crippen molar-refractivity contribution in [3.05, 3.63) is 77.0 Å². The molecule has 0 amide bonds. The van der Waals surface area contributed by atoms with Crippen LogP contribution in [-0.4, -0.2) is 33.2 Å². The number of ether oxygens (including phenoxy) is 1. The zero-order valence-corrected chi connectivity index (χ0v) is 18.6. The van der Waals surface area contributed by atoms with E-state index in [-0.39, 0.29) is 33.9 Å². The molecule has 0 aliphatic heterocycles. The molecule has 2 rings (SSSR count). The summed E-state index contributed by atoms with van der Waals surface area (Å²) in [6.07, 6.45) is -9.49. The average Bonchev–Trinajstić information content (AvgIpc) is 2.70. The molecule has 3 N–H and O–H groups in total. The van der Waals surface area contributed by atoms with Crippen LogP contribution in [0.25, 0.3) is 5.69 Å². The average molecular weight is 551 g/mol. The number of benzene rings is 1. The second kappa shape index (κ2) is 11.2. The molecule has 0 aliphatic carbocycles. The summed E-state index contributed by atoms with van der Waals surface area (Å²) in [6, 6.07) is 0.608. The van der Waals surface area contributed by atoms with Crippen molar-refractivity contribution in [1.82, 2.24) is 9.55 Å². The number of nitro benzene ring substituents is 1. The van der Waals surface area contributed by atoms with E-state index in [0.717, 1.165) is 6.92 Å². The lowest BCUT2D eigenvalue weighted by molar-refractivity contribution is -0.385. The van der Waals surface area contributed by atoms with E-state index in [1.807, 2.05) is 0 Å². The molecule has 1 heterocycles. The van der Waals surface area contributed by atoms with Gasteiger partial charge in [0.25, 0.3) is 5.56 Å². The number of carbonyl (C=O) groups is 1. The summed E-state index contributed by atoms with van der Waals surface area (Å²) in [7, 11) is 0. The highest BCUT2D eigenvalue weighted by Crippen LogP contribution is 2.33. The van der Waals surface area contributed by atoms with E-state index in [9.17, 15) is 55.2 Å². The second-order valence-electron chi connectivity index (χ2n) is 6.43. The smallest absolute Gasteiger partial charge is 0.431 e. The van der Waals surface area contributed by atoms with Crippen molar-refractivity contribution in [3.63, 3.8) is 0 Å². The number of hydrogen-bond acceptors (Lipinski definition) is 7. The number of nitrogens with zero attached hydrogens (tertiary/aromatic N) is 2. The largest absolute Gasteiger partial charge is 0.463 e. The van der Waals surface area contributed by atoms with Crippen molar-refractivity contribution in [1.29, 1.82) is 0 Å². The van der Waals surface area contributed by atoms with Gasteiger partial charge in [-0.1, -0.05) is 11.6 Å². The standard InChI is InChI=1S/C12H6ClF4N3O4.C6H8F3NO2/c1-4-5(13)2-6(14)10(9(4)20(23)24)19-8(21)3-7(12(15,16)17)18-11(19)22;1-2-12-5(11)3-4(10)6(7,8)9/h2-3H,1H3,(H,18,22);3H,2,10H2,1H3. The van der Waals surface area contributed by atoms with Gasteiger partial charge in [-0.2, -0.15) is 26.3 Å². The molecule has 0 radical (unpaired) electrons. The molecule has 2 aromatic rings. The lowest BCUT2D eigenvalue weighted by Crippen LogP contribution is -2.36. The quantitative estimate of drug-likeness (QED) is 0.194. The van der Waals surface area contributed by atoms with E-state index in [1.54, 1.807) is 0 Å². The number of aromatic nitrogens is 2. The summed E-state index contributed by atoms with van der Waals surface area (Å²) in [5, 5.41) is 10.8. The zero-order chi connectivity index (χ0) is 28.2. The third-order valence-electron chi connectivity index (χ3n) is 3.95. The third kappa shape index (κ3) is 7.30. The number of alkyl halides is 6. The predicted octanol–water partition coefficient (Wildman–Crippen LogP) is 3.51. The fourth-order valence-corrected chi connectivity index (χ4v) is 2.57. The van der Waals surface area contributed by atoms with E-state index in [2.05, 4.69) is 10.5 Å². The van der Waals surface area contributed by atoms with Gasteiger partial charge in [0.15, 0.2) is 11.5 Å². The molecule has 36 heavy (non-hydrogen) atoms. The molecule has 198 valence electrons. The SMILES string of the molecule is CCOC(=O)C=C(N)C(F)(F)F.Cc1c(Cl)cc(F)c(-n2c(=O)cc(C(F)(F)F)[nH]c2=O)c1[N+](=O)[O-]. The topological polar surface area (TPSA) is 150 Å². The van der Waals surface area contributed by atoms with Gasteiger partial charge in [-0.25, -0.2) is 18.5 Å². The number of aromatic amines is 1. The summed E-state index contributed by atoms with van der Waals surface area (Å²) in [5.74, 6) is -2.50. The van der Waals surface area contributed by atoms with Crippen LogP contribution < -0.4 is 17.0 Å². The van der Waals surface area contributed by atoms with Crippen LogP contribution >= 0.6 is 11.6 Å². The Balaban J connectivity index is 0.000000457. The molecule has 0 atom stereocenters. The highest BCUT2D eigenvalue weighted by atomic mass is 35.5. The number of nitro groups is 1. The number of H-pyrrole nitrogens is 1. The van der Waals surface area contributed by atoms with Crippen molar-refractivity contribution >= 4 is 23.3 Å². The Kier molecular flexibility index (Phi) is 9.40. The minimum Gasteiger partial charge on any atom is -0.463 e. The van der Waals surface area contributed by atoms with Crippen LogP contribution in [0.3, 0.4) is 0 Å². The Hall–Kier alpha value is -3.89. The van der Waals surface area contributed by atoms with E-state index >= 15 is 0 Å². The van der Waals surface area contributed by atoms with Gasteiger partial charge in [0.2, 0.25) is 0 Å². The Morgan fingerprint density at radius 3 is 2.22 bits per heavy atom. The predicted molar refractivity (Wildman–Crippen MR) is 109 cm³/mol. The van der Waals surface area contributed by atoms with Gasteiger partial charge in [0, 0.05) is 11.6 Å². The van der Waals surface area contributed by atoms with Gasteiger partial charge in [-0.3, -0.25) is 14.9 Å². The lowest BCUT2D eigenvalue weighted by Gasteiger charge is -2.11. The first-order chi connectivity index (χ1) is 16.3. The number of nitrogens with two attached hydrogens (primary N) is 1. The maximum atomic E-state index is 14.1. The summed E-state index contributed by atoms with van der Waals surface area (Å²) in [5.41, 5.74) is -4.24. The highest BCUT2D eigenvalue weighted by Gasteiger charge is 2.35. The minimum atomic E-state index is -5.03. The Labute approximate surface area is 199 Å². The second-order valence-corrected chi connectivity index (χ2v) is 6.84. The van der Waals surface area contributed by atoms with E-state index in [4.69, 9.17) is 11.6 Å². The molecule has 0 aliphatic rings. The molecule has 0 saturated heterocycles. The van der Waals surface area contributed by atoms with Crippen molar-refractivity contribution in [3.8, 4) is 5.69 Å². The summed E-state index contributed by atoms with van der Waals surface area (Å²) in [4.78, 5) is 45.5. The monoisotopic (exact) mass is 550 g/mol. The molecule has 18 heteroatoms. The molecule has 1 aromatic carbocycles. The van der Waals surface area contributed by atoms with Crippen molar-refractivity contribution < 1.29 is 45.2 Å². The van der Waals surface area contributed by atoms with Crippen LogP contribution in [0.1, 0.15) is 18.2 Å². The normalized spacial score (nSPS) is 12.0. The van der Waals surface area contributed by atoms with Crippen LogP contribution in [0.5, 0.6) is 0 Å². The van der Waals surface area contributed by atoms with E-state index < -0.39 is 63.1 Å². The first-order valence-corrected chi connectivity index (χ1v) is 9.48. The number of allylic oxidation sites excluding steroid dienone is 1. The van der Waals surface area contributed by atoms with Gasteiger partial charge in [0.1, 0.15) is 11.4 Å². The lowest BCUT2D eigenvalue weighted by atomic mass is 10.1. The first kappa shape index (κ1) is 30.1. The molecule has 0 spiro atoms. The number of rotatable bonds is 4. The van der Waals surface area contributed by atoms with Crippen LogP contribution in [0.4, 0.5) is 36.4 Å². The fourth-order valence-electron chi connectivity index (χ4n) is 2.38. The van der Waals surface area contributed by atoms with Crippen molar-refractivity contribution in [2.45, 2.75) is 26.2 Å². The highest BCUT2D eigenvalue weighted by molar-refractivity contribution is 6.31. The maximum Gasteiger partial charge on any atom is 0.431 e. The van der Waals surface area contributed by atoms with Crippen molar-refractivity contribution in [2.75, 3.05) is 6.61 Å². The number of nitrogens with one attached hydrogen (secondary N) is 1. The molecule has 1 aromatic heterocycles. The molecular formula is C18H14ClF7N4O6. The van der Waals surface area contributed by atoms with Crippen molar-refractivity contribution in [2.24, 2.45) is 5.73 Å². The zero-order valence-electron chi connectivity index (χ0n) is 17.9. The van der Waals surface area contributed by atoms with Crippen LogP contribution in [0.15, 0.2) is 33.5 Å². The Morgan fingerprint density at radius 1 is 1.25 bits per heavy atom. The fraction of sp³-hybridized carbons (Fsp3) is 0.278. The summed E-state index contributed by atoms with van der Waals surface area (Å²) < 4.78 is 90.9. The van der Waals surface area contributed by atoms with Gasteiger partial charge >= 0.3 is 29.7 Å². The minimum absolute atomic E-state index is 0.00545. The molecule has 0 unspecified atom stereocenters. The molecule has 0 fully saturated rings. The van der Waals surface area contributed by atoms with Crippen LogP contribution in [0, 0.1) is 22.9 Å². The van der Waals surface area contributed by atoms with Gasteiger partial charge in [-0.15, -0.1) is 0 Å². The number of halogens is 8. The van der Waals surface area contributed by atoms with E-state index in [0.29, 0.717) is 6.07 Å². The van der Waals surface area contributed by atoms with Gasteiger partial charge in [0.05, 0.1) is 22.6 Å². The summed E-state index contributed by atoms with van der Waals surface area (Å²) >= 11 is 5.62. The Morgan fingerprint density at radius 2 is 1.81 bits per heavy atom. The molecule has 0 bridgehead atoms. The van der Waals surface area contributed by atoms with Crippen LogP contribution in [-0.2, 0) is 15.7 Å².